The van der Waals surface area contributed by atoms with E-state index in [0.717, 1.165) is 50.9 Å². The van der Waals surface area contributed by atoms with Crippen molar-refractivity contribution in [1.29, 1.82) is 5.26 Å². The normalized spacial score (nSPS) is 26.1. The number of carbonyl (C=O) groups is 1. The Morgan fingerprint density at radius 2 is 1.94 bits per heavy atom. The number of piperidine rings is 1. The van der Waals surface area contributed by atoms with Crippen LogP contribution in [0.25, 0.3) is 0 Å². The van der Waals surface area contributed by atoms with Gasteiger partial charge in [-0.05, 0) is 68.1 Å². The molecule has 31 heavy (non-hydrogen) atoms. The molecule has 2 heterocycles. The average molecular weight is 440 g/mol. The number of anilines is 1. The number of carbonyl (C=O) groups excluding carboxylic acids is 1. The van der Waals surface area contributed by atoms with Crippen LogP contribution in [0.4, 0.5) is 5.69 Å². The molecule has 1 aromatic carbocycles. The van der Waals surface area contributed by atoms with Crippen molar-refractivity contribution in [3.05, 3.63) is 28.8 Å². The van der Waals surface area contributed by atoms with Crippen LogP contribution in [0, 0.1) is 28.6 Å². The molecule has 2 N–H and O–H groups in total. The van der Waals surface area contributed by atoms with Gasteiger partial charge in [0, 0.05) is 25.4 Å². The predicted octanol–water partition coefficient (Wildman–Crippen LogP) is 4.27. The Kier molecular flexibility index (Phi) is 5.34. The average Bonchev–Trinajstić information content (AvgIpc) is 3.41. The number of benzene rings is 1. The molecule has 0 aromatic heterocycles. The van der Waals surface area contributed by atoms with Crippen molar-refractivity contribution in [1.82, 2.24) is 4.90 Å². The molecule has 1 atom stereocenters. The highest BCUT2D eigenvalue weighted by Gasteiger charge is 2.48. The molecule has 6 nitrogen and oxygen atoms in total. The van der Waals surface area contributed by atoms with Crippen molar-refractivity contribution in [3.63, 3.8) is 0 Å². The number of nitrogens with two attached hydrogens (primary N) is 1. The van der Waals surface area contributed by atoms with Gasteiger partial charge in [-0.1, -0.05) is 24.4 Å². The summed E-state index contributed by atoms with van der Waals surface area (Å²) >= 11 is 6.35. The number of amides is 1. The third-order valence-corrected chi connectivity index (χ3v) is 8.47. The van der Waals surface area contributed by atoms with Crippen molar-refractivity contribution < 1.29 is 4.79 Å². The molecule has 1 spiro atoms. The summed E-state index contributed by atoms with van der Waals surface area (Å²) in [7, 11) is 0. The fraction of sp³-hybridized carbons (Fsp3) is 0.625. The first-order chi connectivity index (χ1) is 15.0. The quantitative estimate of drug-likeness (QED) is 0.761. The monoisotopic (exact) mass is 439 g/mol. The number of hydrogen-bond acceptors (Lipinski definition) is 5. The van der Waals surface area contributed by atoms with Crippen LogP contribution in [0.5, 0.6) is 0 Å². The van der Waals surface area contributed by atoms with Crippen LogP contribution in [0.15, 0.2) is 23.3 Å². The summed E-state index contributed by atoms with van der Waals surface area (Å²) in [4.78, 5) is 13.9. The highest BCUT2D eigenvalue weighted by atomic mass is 35.5. The van der Waals surface area contributed by atoms with Crippen LogP contribution in [-0.2, 0) is 4.79 Å². The molecule has 7 heteroatoms. The van der Waals surface area contributed by atoms with E-state index in [0.29, 0.717) is 28.0 Å². The van der Waals surface area contributed by atoms with Crippen molar-refractivity contribution in [2.24, 2.45) is 28.1 Å². The largest absolute Gasteiger partial charge is 0.369 e. The third-order valence-electron chi connectivity index (χ3n) is 8.16. The molecular weight excluding hydrogens is 410 g/mol. The molecule has 4 aliphatic rings. The minimum atomic E-state index is -0.135. The van der Waals surface area contributed by atoms with Gasteiger partial charge in [0.05, 0.1) is 22.3 Å². The number of hydrazone groups is 1. The standard InChI is InChI=1S/C24H30ClN5O/c25-20-11-19(6-5-17(20)15-26)30-21(16-3-1-2-4-16)12-22(28-30)29-9-7-24(8-10-29)13-18(14-24)23(27)31/h5-6,11,16,18,21H,1-4,7-10,12-14H2,(H2,27,31). The lowest BCUT2D eigenvalue weighted by Crippen LogP contribution is -2.51. The van der Waals surface area contributed by atoms with Crippen LogP contribution in [0.1, 0.15) is 63.4 Å². The topological polar surface area (TPSA) is 85.7 Å². The van der Waals surface area contributed by atoms with E-state index in [1.165, 1.54) is 31.5 Å². The SMILES string of the molecule is N#Cc1ccc(N2N=C(N3CCC4(CC3)CC(C(N)=O)C4)CC2C2CCCC2)cc1Cl. The number of primary amides is 1. The van der Waals surface area contributed by atoms with E-state index in [2.05, 4.69) is 16.0 Å². The van der Waals surface area contributed by atoms with E-state index in [4.69, 9.17) is 22.4 Å². The second kappa shape index (κ2) is 8.02. The Labute approximate surface area is 189 Å². The van der Waals surface area contributed by atoms with Crippen LogP contribution in [0.2, 0.25) is 5.02 Å². The van der Waals surface area contributed by atoms with Crippen LogP contribution in [0.3, 0.4) is 0 Å². The van der Waals surface area contributed by atoms with Gasteiger partial charge in [0.25, 0.3) is 0 Å². The van der Waals surface area contributed by atoms with Gasteiger partial charge in [-0.15, -0.1) is 0 Å². The molecule has 2 aliphatic carbocycles. The van der Waals surface area contributed by atoms with Gasteiger partial charge in [0.1, 0.15) is 11.9 Å². The van der Waals surface area contributed by atoms with E-state index < -0.39 is 0 Å². The van der Waals surface area contributed by atoms with Crippen molar-refractivity contribution in [2.45, 2.75) is 63.8 Å². The van der Waals surface area contributed by atoms with Gasteiger partial charge >= 0.3 is 0 Å². The Hall–Kier alpha value is -2.26. The molecule has 1 aromatic rings. The minimum Gasteiger partial charge on any atom is -0.369 e. The van der Waals surface area contributed by atoms with Gasteiger partial charge in [-0.3, -0.25) is 9.80 Å². The molecule has 2 aliphatic heterocycles. The fourth-order valence-electron chi connectivity index (χ4n) is 6.23. The Balaban J connectivity index is 1.32. The third kappa shape index (κ3) is 3.78. The summed E-state index contributed by atoms with van der Waals surface area (Å²) in [6.45, 7) is 2.01. The fourth-order valence-corrected chi connectivity index (χ4v) is 6.45. The summed E-state index contributed by atoms with van der Waals surface area (Å²) in [6, 6.07) is 8.17. The van der Waals surface area contributed by atoms with Crippen molar-refractivity contribution in [2.75, 3.05) is 18.1 Å². The van der Waals surface area contributed by atoms with E-state index in [-0.39, 0.29) is 11.8 Å². The highest BCUT2D eigenvalue weighted by molar-refractivity contribution is 6.32. The molecule has 2 saturated carbocycles. The van der Waals surface area contributed by atoms with Crippen LogP contribution < -0.4 is 10.7 Å². The van der Waals surface area contributed by atoms with E-state index in [9.17, 15) is 10.1 Å². The molecule has 164 valence electrons. The van der Waals surface area contributed by atoms with Gasteiger partial charge in [-0.25, -0.2) is 0 Å². The zero-order chi connectivity index (χ0) is 21.6. The lowest BCUT2D eigenvalue weighted by atomic mass is 9.57. The Morgan fingerprint density at radius 1 is 1.23 bits per heavy atom. The molecule has 1 saturated heterocycles. The molecule has 0 bridgehead atoms. The van der Waals surface area contributed by atoms with Crippen molar-refractivity contribution >= 4 is 29.0 Å². The molecule has 0 radical (unpaired) electrons. The maximum absolute atomic E-state index is 11.4. The summed E-state index contributed by atoms with van der Waals surface area (Å²) in [5.74, 6) is 1.77. The molecule has 1 unspecified atom stereocenters. The van der Waals surface area contributed by atoms with Gasteiger partial charge in [0.15, 0.2) is 0 Å². The van der Waals surface area contributed by atoms with Gasteiger partial charge < -0.3 is 10.6 Å². The van der Waals surface area contributed by atoms with E-state index in [1.807, 2.05) is 12.1 Å². The Morgan fingerprint density at radius 3 is 2.55 bits per heavy atom. The first-order valence-electron chi connectivity index (χ1n) is 11.6. The summed E-state index contributed by atoms with van der Waals surface area (Å²) < 4.78 is 0. The smallest absolute Gasteiger partial charge is 0.220 e. The molecule has 5 rings (SSSR count). The van der Waals surface area contributed by atoms with E-state index >= 15 is 0 Å². The lowest BCUT2D eigenvalue weighted by Gasteiger charge is -2.51. The number of halogens is 1. The zero-order valence-corrected chi connectivity index (χ0v) is 18.7. The molecular formula is C24H30ClN5O. The number of nitrogens with zero attached hydrogens (tertiary/aromatic N) is 4. The maximum Gasteiger partial charge on any atom is 0.220 e. The first kappa shape index (κ1) is 20.6. The summed E-state index contributed by atoms with van der Waals surface area (Å²) in [5.41, 5.74) is 7.29. The minimum absolute atomic E-state index is 0.0822. The molecule has 3 fully saturated rings. The zero-order valence-electron chi connectivity index (χ0n) is 17.9. The van der Waals surface area contributed by atoms with Gasteiger partial charge in [-0.2, -0.15) is 10.4 Å². The van der Waals surface area contributed by atoms with E-state index in [1.54, 1.807) is 6.07 Å². The van der Waals surface area contributed by atoms with Crippen molar-refractivity contribution in [3.8, 4) is 6.07 Å². The second-order valence-electron chi connectivity index (χ2n) is 9.95. The number of nitriles is 1. The van der Waals surface area contributed by atoms with Gasteiger partial charge in [0.2, 0.25) is 5.91 Å². The second-order valence-corrected chi connectivity index (χ2v) is 10.4. The van der Waals surface area contributed by atoms with Crippen LogP contribution >= 0.6 is 11.6 Å². The number of amidine groups is 1. The number of rotatable bonds is 3. The summed E-state index contributed by atoms with van der Waals surface area (Å²) in [6.07, 6.45) is 10.2. The molecule has 1 amide bonds. The highest BCUT2D eigenvalue weighted by Crippen LogP contribution is 2.52. The first-order valence-corrected chi connectivity index (χ1v) is 12.0. The number of hydrogen-bond donors (Lipinski definition) is 1. The number of likely N-dealkylation sites (tertiary alicyclic amines) is 1. The van der Waals surface area contributed by atoms with Crippen LogP contribution in [-0.4, -0.2) is 35.8 Å². The lowest BCUT2D eigenvalue weighted by molar-refractivity contribution is -0.131. The Bertz CT molecular complexity index is 932. The summed E-state index contributed by atoms with van der Waals surface area (Å²) in [5, 5.41) is 17.0. The predicted molar refractivity (Wildman–Crippen MR) is 122 cm³/mol. The maximum atomic E-state index is 11.4.